The number of nitrogens with two attached hydrogens (primary N) is 1. The highest BCUT2D eigenvalue weighted by Crippen LogP contribution is 2.17. The summed E-state index contributed by atoms with van der Waals surface area (Å²) in [7, 11) is 0. The average Bonchev–Trinajstić information content (AvgIpc) is 2.39. The summed E-state index contributed by atoms with van der Waals surface area (Å²) in [5, 5.41) is 0. The van der Waals surface area contributed by atoms with Crippen LogP contribution in [-0.2, 0) is 0 Å². The zero-order chi connectivity index (χ0) is 8.27. The summed E-state index contributed by atoms with van der Waals surface area (Å²) in [5.74, 6) is 1.17. The number of alkyl halides is 1. The van der Waals surface area contributed by atoms with E-state index >= 15 is 0 Å². The largest absolute Gasteiger partial charge is 0.466 e. The lowest BCUT2D eigenvalue weighted by Gasteiger charge is -2.05. The number of hydrogen-bond acceptors (Lipinski definition) is 2. The van der Waals surface area contributed by atoms with E-state index in [1.54, 1.807) is 6.07 Å². The molecule has 0 aliphatic heterocycles. The van der Waals surface area contributed by atoms with Gasteiger partial charge in [0.1, 0.15) is 18.2 Å². The normalized spacial score (nSPS) is 13.4. The Labute approximate surface area is 65.2 Å². The third kappa shape index (κ3) is 1.80. The molecular formula is C8H12FNO. The van der Waals surface area contributed by atoms with Gasteiger partial charge in [-0.05, 0) is 19.1 Å². The van der Waals surface area contributed by atoms with E-state index in [1.165, 1.54) is 0 Å². The molecule has 0 amide bonds. The van der Waals surface area contributed by atoms with Crippen LogP contribution in [0.3, 0.4) is 0 Å². The van der Waals surface area contributed by atoms with Crippen molar-refractivity contribution < 1.29 is 8.81 Å². The van der Waals surface area contributed by atoms with Crippen molar-refractivity contribution in [2.24, 2.45) is 5.73 Å². The summed E-state index contributed by atoms with van der Waals surface area (Å²) in [4.78, 5) is 0. The molecule has 0 bridgehead atoms. The quantitative estimate of drug-likeness (QED) is 0.723. The van der Waals surface area contributed by atoms with E-state index in [9.17, 15) is 4.39 Å². The maximum absolute atomic E-state index is 12.2. The summed E-state index contributed by atoms with van der Waals surface area (Å²) in [6.07, 6.45) is 0. The zero-order valence-corrected chi connectivity index (χ0v) is 6.51. The Hall–Kier alpha value is -0.830. The van der Waals surface area contributed by atoms with Gasteiger partial charge in [-0.2, -0.15) is 0 Å². The van der Waals surface area contributed by atoms with Crippen molar-refractivity contribution in [1.29, 1.82) is 0 Å². The van der Waals surface area contributed by atoms with Crippen LogP contribution in [0.25, 0.3) is 0 Å². The van der Waals surface area contributed by atoms with Crippen LogP contribution in [0.4, 0.5) is 4.39 Å². The van der Waals surface area contributed by atoms with Crippen LogP contribution < -0.4 is 5.73 Å². The molecule has 0 radical (unpaired) electrons. The lowest BCUT2D eigenvalue weighted by molar-refractivity contribution is 0.372. The first-order valence-electron chi connectivity index (χ1n) is 3.60. The van der Waals surface area contributed by atoms with Crippen molar-refractivity contribution in [2.75, 3.05) is 13.2 Å². The molecule has 2 N–H and O–H groups in total. The molecule has 0 spiro atoms. The van der Waals surface area contributed by atoms with Gasteiger partial charge in [-0.15, -0.1) is 0 Å². The van der Waals surface area contributed by atoms with Gasteiger partial charge in [0, 0.05) is 6.54 Å². The first kappa shape index (κ1) is 8.27. The zero-order valence-electron chi connectivity index (χ0n) is 6.51. The van der Waals surface area contributed by atoms with E-state index in [2.05, 4.69) is 0 Å². The van der Waals surface area contributed by atoms with Crippen molar-refractivity contribution >= 4 is 0 Å². The molecule has 1 rings (SSSR count). The summed E-state index contributed by atoms with van der Waals surface area (Å²) >= 11 is 0. The lowest BCUT2D eigenvalue weighted by atomic mass is 10.1. The number of halogens is 1. The van der Waals surface area contributed by atoms with Gasteiger partial charge in [0.15, 0.2) is 0 Å². The molecule has 1 unspecified atom stereocenters. The number of hydrogen-bond donors (Lipinski definition) is 1. The molecule has 1 aromatic heterocycles. The standard InChI is InChI=1S/C8H12FNO/c1-6-2-3-8(11-6)7(4-9)5-10/h2-3,7H,4-5,10H2,1H3. The van der Waals surface area contributed by atoms with Gasteiger partial charge in [0.05, 0.1) is 5.92 Å². The van der Waals surface area contributed by atoms with E-state index in [4.69, 9.17) is 10.2 Å². The number of furan rings is 1. The Bertz CT molecular complexity index is 218. The number of aryl methyl sites for hydroxylation is 1. The Kier molecular flexibility index (Phi) is 2.65. The summed E-state index contributed by atoms with van der Waals surface area (Å²) in [5.41, 5.74) is 5.32. The van der Waals surface area contributed by atoms with Crippen LogP contribution in [0.15, 0.2) is 16.5 Å². The second kappa shape index (κ2) is 3.53. The predicted octanol–water partition coefficient (Wildman–Crippen LogP) is 1.60. The highest BCUT2D eigenvalue weighted by atomic mass is 19.1. The van der Waals surface area contributed by atoms with Gasteiger partial charge in [0.25, 0.3) is 0 Å². The molecule has 0 aromatic carbocycles. The molecule has 0 aliphatic carbocycles. The Morgan fingerprint density at radius 2 is 2.36 bits per heavy atom. The van der Waals surface area contributed by atoms with Gasteiger partial charge in [0.2, 0.25) is 0 Å². The minimum absolute atomic E-state index is 0.274. The van der Waals surface area contributed by atoms with E-state index in [1.807, 2.05) is 13.0 Å². The second-order valence-electron chi connectivity index (χ2n) is 2.54. The van der Waals surface area contributed by atoms with Gasteiger partial charge in [-0.1, -0.05) is 0 Å². The van der Waals surface area contributed by atoms with Crippen LogP contribution >= 0.6 is 0 Å². The summed E-state index contributed by atoms with van der Waals surface area (Å²) < 4.78 is 17.4. The van der Waals surface area contributed by atoms with E-state index in [0.29, 0.717) is 12.3 Å². The average molecular weight is 157 g/mol. The molecule has 1 aromatic rings. The monoisotopic (exact) mass is 157 g/mol. The van der Waals surface area contributed by atoms with Crippen molar-refractivity contribution in [3.8, 4) is 0 Å². The number of rotatable bonds is 3. The molecule has 0 saturated carbocycles. The molecule has 1 heterocycles. The molecule has 62 valence electrons. The Morgan fingerprint density at radius 1 is 1.64 bits per heavy atom. The minimum atomic E-state index is -0.455. The Balaban J connectivity index is 2.73. The molecule has 11 heavy (non-hydrogen) atoms. The van der Waals surface area contributed by atoms with Crippen molar-refractivity contribution in [2.45, 2.75) is 12.8 Å². The van der Waals surface area contributed by atoms with Crippen LogP contribution in [0, 0.1) is 6.92 Å². The maximum atomic E-state index is 12.2. The van der Waals surface area contributed by atoms with Crippen molar-refractivity contribution in [1.82, 2.24) is 0 Å². The Morgan fingerprint density at radius 3 is 2.73 bits per heavy atom. The van der Waals surface area contributed by atoms with E-state index in [0.717, 1.165) is 5.76 Å². The summed E-state index contributed by atoms with van der Waals surface area (Å²) in [6.45, 7) is 1.67. The van der Waals surface area contributed by atoms with Crippen molar-refractivity contribution in [3.63, 3.8) is 0 Å². The fourth-order valence-electron chi connectivity index (χ4n) is 0.928. The third-order valence-corrected chi connectivity index (χ3v) is 1.63. The molecule has 1 atom stereocenters. The molecule has 3 heteroatoms. The molecule has 0 fully saturated rings. The first-order valence-corrected chi connectivity index (χ1v) is 3.60. The van der Waals surface area contributed by atoms with Crippen LogP contribution in [0.5, 0.6) is 0 Å². The fourth-order valence-corrected chi connectivity index (χ4v) is 0.928. The van der Waals surface area contributed by atoms with E-state index in [-0.39, 0.29) is 5.92 Å². The minimum Gasteiger partial charge on any atom is -0.466 e. The van der Waals surface area contributed by atoms with Crippen molar-refractivity contribution in [3.05, 3.63) is 23.7 Å². The highest BCUT2D eigenvalue weighted by molar-refractivity contribution is 5.10. The maximum Gasteiger partial charge on any atom is 0.111 e. The smallest absolute Gasteiger partial charge is 0.111 e. The second-order valence-corrected chi connectivity index (χ2v) is 2.54. The van der Waals surface area contributed by atoms with Crippen LogP contribution in [-0.4, -0.2) is 13.2 Å². The molecule has 0 aliphatic rings. The van der Waals surface area contributed by atoms with Gasteiger partial charge >= 0.3 is 0 Å². The first-order chi connectivity index (χ1) is 5.27. The summed E-state index contributed by atoms with van der Waals surface area (Å²) in [6, 6.07) is 3.58. The fraction of sp³-hybridized carbons (Fsp3) is 0.500. The molecular weight excluding hydrogens is 145 g/mol. The lowest BCUT2D eigenvalue weighted by Crippen LogP contribution is -2.13. The van der Waals surface area contributed by atoms with Gasteiger partial charge < -0.3 is 10.2 Å². The predicted molar refractivity (Wildman–Crippen MR) is 41.2 cm³/mol. The third-order valence-electron chi connectivity index (χ3n) is 1.63. The highest BCUT2D eigenvalue weighted by Gasteiger charge is 2.12. The van der Waals surface area contributed by atoms with Crippen LogP contribution in [0.1, 0.15) is 17.4 Å². The van der Waals surface area contributed by atoms with E-state index < -0.39 is 6.67 Å². The topological polar surface area (TPSA) is 39.2 Å². The molecule has 2 nitrogen and oxygen atoms in total. The SMILES string of the molecule is Cc1ccc(C(CN)CF)o1. The molecule has 0 saturated heterocycles. The van der Waals surface area contributed by atoms with Crippen LogP contribution in [0.2, 0.25) is 0 Å². The van der Waals surface area contributed by atoms with Gasteiger partial charge in [-0.25, -0.2) is 0 Å². The van der Waals surface area contributed by atoms with Gasteiger partial charge in [-0.3, -0.25) is 4.39 Å².